The number of fused-ring (bicyclic) bond motifs is 1. The first-order valence-electron chi connectivity index (χ1n) is 3.72. The molecule has 0 aromatic heterocycles. The molecule has 0 radical (unpaired) electrons. The fourth-order valence-corrected chi connectivity index (χ4v) is 1.45. The monoisotopic (exact) mass is 160 g/mol. The minimum atomic E-state index is 0.0127. The first-order valence-corrected chi connectivity index (χ1v) is 3.72. The summed E-state index contributed by atoms with van der Waals surface area (Å²) in [5.74, 6) is 5.12. The lowest BCUT2D eigenvalue weighted by molar-refractivity contribution is -0.112. The predicted octanol–water partition coefficient (Wildman–Crippen LogP) is 0.475. The van der Waals surface area contributed by atoms with Crippen LogP contribution >= 0.6 is 0 Å². The zero-order valence-electron chi connectivity index (χ0n) is 6.45. The molecule has 0 bridgehead atoms. The van der Waals surface area contributed by atoms with Crippen LogP contribution < -0.4 is 5.84 Å². The Morgan fingerprint density at radius 3 is 2.83 bits per heavy atom. The van der Waals surface area contributed by atoms with Gasteiger partial charge in [0.15, 0.2) is 5.78 Å². The van der Waals surface area contributed by atoms with E-state index in [9.17, 15) is 4.79 Å². The average molecular weight is 160 g/mol. The van der Waals surface area contributed by atoms with Crippen molar-refractivity contribution in [1.29, 1.82) is 0 Å². The highest BCUT2D eigenvalue weighted by molar-refractivity contribution is 6.49. The molecule has 0 amide bonds. The number of hydrogen-bond donors (Lipinski definition) is 1. The Labute approximate surface area is 69.9 Å². The molecule has 1 aliphatic carbocycles. The van der Waals surface area contributed by atoms with E-state index in [1.165, 1.54) is 0 Å². The molecular weight excluding hydrogens is 152 g/mol. The third-order valence-corrected chi connectivity index (χ3v) is 2.02. The number of rotatable bonds is 0. The van der Waals surface area contributed by atoms with Gasteiger partial charge in [0.05, 0.1) is 0 Å². The lowest BCUT2D eigenvalue weighted by atomic mass is 10.1. The molecule has 0 fully saturated rings. The van der Waals surface area contributed by atoms with Gasteiger partial charge in [0.1, 0.15) is 5.71 Å². The van der Waals surface area contributed by atoms with Gasteiger partial charge in [-0.3, -0.25) is 4.79 Å². The van der Waals surface area contributed by atoms with Crippen molar-refractivity contribution in [1.82, 2.24) is 0 Å². The van der Waals surface area contributed by atoms with E-state index >= 15 is 0 Å². The Hall–Kier alpha value is -1.64. The summed E-state index contributed by atoms with van der Waals surface area (Å²) in [7, 11) is 0. The van der Waals surface area contributed by atoms with E-state index in [2.05, 4.69) is 5.10 Å². The molecule has 0 atom stereocenters. The Morgan fingerprint density at radius 2 is 2.08 bits per heavy atom. The molecule has 0 unspecified atom stereocenters. The van der Waals surface area contributed by atoms with E-state index < -0.39 is 0 Å². The van der Waals surface area contributed by atoms with Gasteiger partial charge in [-0.1, -0.05) is 24.3 Å². The molecule has 0 saturated carbocycles. The van der Waals surface area contributed by atoms with Gasteiger partial charge >= 0.3 is 0 Å². The van der Waals surface area contributed by atoms with Crippen molar-refractivity contribution >= 4 is 11.5 Å². The molecule has 12 heavy (non-hydrogen) atoms. The van der Waals surface area contributed by atoms with Crippen molar-refractivity contribution < 1.29 is 4.79 Å². The molecule has 1 aliphatic rings. The van der Waals surface area contributed by atoms with Gasteiger partial charge in [0.25, 0.3) is 0 Å². The Kier molecular flexibility index (Phi) is 1.43. The molecule has 1 aromatic carbocycles. The normalized spacial score (nSPS) is 18.3. The fourth-order valence-electron chi connectivity index (χ4n) is 1.45. The summed E-state index contributed by atoms with van der Waals surface area (Å²) in [5, 5.41) is 3.48. The van der Waals surface area contributed by atoms with Crippen LogP contribution in [-0.4, -0.2) is 11.5 Å². The van der Waals surface area contributed by atoms with E-state index in [1.807, 2.05) is 24.3 Å². The van der Waals surface area contributed by atoms with Gasteiger partial charge in [0.2, 0.25) is 0 Å². The number of hydrogen-bond acceptors (Lipinski definition) is 3. The average Bonchev–Trinajstić information content (AvgIpc) is 2.40. The van der Waals surface area contributed by atoms with Crippen molar-refractivity contribution in [2.45, 2.75) is 6.42 Å². The molecule has 0 spiro atoms. The van der Waals surface area contributed by atoms with E-state index in [4.69, 9.17) is 5.84 Å². The van der Waals surface area contributed by atoms with Gasteiger partial charge in [-0.25, -0.2) is 0 Å². The highest BCUT2D eigenvalue weighted by Crippen LogP contribution is 2.18. The second kappa shape index (κ2) is 2.44. The molecule has 0 aliphatic heterocycles. The minimum Gasteiger partial charge on any atom is -0.323 e. The van der Waals surface area contributed by atoms with E-state index in [0.717, 1.165) is 11.1 Å². The topological polar surface area (TPSA) is 55.4 Å². The summed E-state index contributed by atoms with van der Waals surface area (Å²) in [6.07, 6.45) is 0.437. The largest absolute Gasteiger partial charge is 0.323 e. The second-order valence-corrected chi connectivity index (χ2v) is 2.73. The lowest BCUT2D eigenvalue weighted by Crippen LogP contribution is -2.10. The Morgan fingerprint density at radius 1 is 1.33 bits per heavy atom. The van der Waals surface area contributed by atoms with E-state index in [-0.39, 0.29) is 5.78 Å². The Balaban J connectivity index is 2.62. The third kappa shape index (κ3) is 0.830. The van der Waals surface area contributed by atoms with Crippen LogP contribution in [0.4, 0.5) is 0 Å². The smallest absolute Gasteiger partial charge is 0.187 e. The first-order chi connectivity index (χ1) is 5.83. The summed E-state index contributed by atoms with van der Waals surface area (Å²) in [5.41, 5.74) is 2.31. The maximum absolute atomic E-state index is 11.3. The number of carbonyl (C=O) groups excluding carboxylic acids is 1. The van der Waals surface area contributed by atoms with Crippen LogP contribution in [0.2, 0.25) is 0 Å². The molecule has 3 nitrogen and oxygen atoms in total. The third-order valence-electron chi connectivity index (χ3n) is 2.02. The fraction of sp³-hybridized carbons (Fsp3) is 0.111. The molecule has 3 heteroatoms. The number of Topliss-reactive ketones (excluding diaryl/α,β-unsaturated/α-hetero) is 1. The number of ketones is 1. The predicted molar refractivity (Wildman–Crippen MR) is 45.9 cm³/mol. The molecular formula is C9H8N2O. The Bertz CT molecular complexity index is 369. The maximum Gasteiger partial charge on any atom is 0.187 e. The van der Waals surface area contributed by atoms with Crippen molar-refractivity contribution in [3.8, 4) is 0 Å². The van der Waals surface area contributed by atoms with Crippen LogP contribution in [0.15, 0.2) is 29.4 Å². The lowest BCUT2D eigenvalue weighted by Gasteiger charge is -1.94. The van der Waals surface area contributed by atoms with Crippen molar-refractivity contribution in [2.75, 3.05) is 0 Å². The number of benzene rings is 1. The zero-order valence-corrected chi connectivity index (χ0v) is 6.45. The van der Waals surface area contributed by atoms with Crippen molar-refractivity contribution in [3.63, 3.8) is 0 Å². The van der Waals surface area contributed by atoms with Gasteiger partial charge in [-0.2, -0.15) is 5.10 Å². The highest BCUT2D eigenvalue weighted by Gasteiger charge is 2.24. The molecule has 1 aromatic rings. The standard InChI is InChI=1S/C9H8N2O/c10-11-9-7-4-2-1-3-6(7)5-8(9)12/h1-4H,5,10H2/b11-9-. The van der Waals surface area contributed by atoms with Crippen LogP contribution in [0.5, 0.6) is 0 Å². The maximum atomic E-state index is 11.3. The highest BCUT2D eigenvalue weighted by atomic mass is 16.1. The van der Waals surface area contributed by atoms with Gasteiger partial charge in [0, 0.05) is 12.0 Å². The number of nitrogens with two attached hydrogens (primary N) is 1. The second-order valence-electron chi connectivity index (χ2n) is 2.73. The molecule has 0 heterocycles. The minimum absolute atomic E-state index is 0.0127. The van der Waals surface area contributed by atoms with Crippen LogP contribution in [-0.2, 0) is 11.2 Å². The summed E-state index contributed by atoms with van der Waals surface area (Å²) in [6.45, 7) is 0. The van der Waals surface area contributed by atoms with E-state index in [0.29, 0.717) is 12.1 Å². The first kappa shape index (κ1) is 7.03. The molecule has 0 saturated heterocycles. The quantitative estimate of drug-likeness (QED) is 0.443. The van der Waals surface area contributed by atoms with Crippen LogP contribution in [0, 0.1) is 0 Å². The van der Waals surface area contributed by atoms with Gasteiger partial charge < -0.3 is 5.84 Å². The number of hydrazone groups is 1. The molecule has 60 valence electrons. The number of carbonyl (C=O) groups is 1. The number of nitrogens with zero attached hydrogens (tertiary/aromatic N) is 1. The van der Waals surface area contributed by atoms with Crippen LogP contribution in [0.1, 0.15) is 11.1 Å². The van der Waals surface area contributed by atoms with Crippen LogP contribution in [0.3, 0.4) is 0 Å². The SMILES string of the molecule is N/N=C1\C(=O)Cc2ccccc21. The summed E-state index contributed by atoms with van der Waals surface area (Å²) in [4.78, 5) is 11.3. The van der Waals surface area contributed by atoms with Gasteiger partial charge in [-0.15, -0.1) is 0 Å². The summed E-state index contributed by atoms with van der Waals surface area (Å²) in [6, 6.07) is 7.57. The van der Waals surface area contributed by atoms with E-state index in [1.54, 1.807) is 0 Å². The summed E-state index contributed by atoms with van der Waals surface area (Å²) >= 11 is 0. The molecule has 2 rings (SSSR count). The van der Waals surface area contributed by atoms with Crippen molar-refractivity contribution in [3.05, 3.63) is 35.4 Å². The van der Waals surface area contributed by atoms with Crippen molar-refractivity contribution in [2.24, 2.45) is 10.9 Å². The van der Waals surface area contributed by atoms with Crippen LogP contribution in [0.25, 0.3) is 0 Å². The molecule has 2 N–H and O–H groups in total. The summed E-state index contributed by atoms with van der Waals surface area (Å²) < 4.78 is 0. The van der Waals surface area contributed by atoms with Gasteiger partial charge in [-0.05, 0) is 5.56 Å². The zero-order chi connectivity index (χ0) is 8.55.